The predicted octanol–water partition coefficient (Wildman–Crippen LogP) is 2.25. The van der Waals surface area contributed by atoms with Gasteiger partial charge in [0.2, 0.25) is 0 Å². The molecule has 0 aliphatic carbocycles. The zero-order valence-electron chi connectivity index (χ0n) is 6.40. The van der Waals surface area contributed by atoms with Gasteiger partial charge >= 0.3 is 0 Å². The maximum Gasteiger partial charge on any atom is 0.134 e. The number of benzene rings is 1. The first-order valence-electron chi connectivity index (χ1n) is 3.27. The van der Waals surface area contributed by atoms with Crippen molar-refractivity contribution in [3.63, 3.8) is 0 Å². The van der Waals surface area contributed by atoms with Gasteiger partial charge < -0.3 is 4.74 Å². The van der Waals surface area contributed by atoms with Crippen molar-refractivity contribution in [3.8, 4) is 0 Å². The van der Waals surface area contributed by atoms with E-state index in [4.69, 9.17) is 0 Å². The van der Waals surface area contributed by atoms with Crippen LogP contribution in [0, 0.1) is 17.5 Å². The van der Waals surface area contributed by atoms with Crippen molar-refractivity contribution in [2.24, 2.45) is 0 Å². The molecular weight excluding hydrogens is 169 g/mol. The van der Waals surface area contributed by atoms with E-state index in [9.17, 15) is 13.2 Å². The Morgan fingerprint density at radius 2 is 1.67 bits per heavy atom. The van der Waals surface area contributed by atoms with Crippen LogP contribution in [0.4, 0.5) is 13.2 Å². The highest BCUT2D eigenvalue weighted by Gasteiger charge is 2.10. The van der Waals surface area contributed by atoms with E-state index in [1.54, 1.807) is 0 Å². The lowest BCUT2D eigenvalue weighted by molar-refractivity contribution is 0.177. The monoisotopic (exact) mass is 176 g/mol. The second kappa shape index (κ2) is 3.58. The quantitative estimate of drug-likeness (QED) is 0.671. The first kappa shape index (κ1) is 9.06. The summed E-state index contributed by atoms with van der Waals surface area (Å²) in [5, 5.41) is 0. The predicted molar refractivity (Wildman–Crippen MR) is 37.0 cm³/mol. The molecule has 0 saturated carbocycles. The Labute approximate surface area is 67.8 Å². The maximum absolute atomic E-state index is 12.7. The molecule has 0 atom stereocenters. The van der Waals surface area contributed by atoms with Crippen LogP contribution in [0.15, 0.2) is 12.1 Å². The van der Waals surface area contributed by atoms with Crippen LogP contribution < -0.4 is 0 Å². The van der Waals surface area contributed by atoms with Gasteiger partial charge in [-0.3, -0.25) is 0 Å². The van der Waals surface area contributed by atoms with Gasteiger partial charge in [0.15, 0.2) is 0 Å². The molecule has 1 aromatic carbocycles. The van der Waals surface area contributed by atoms with Crippen LogP contribution in [0.5, 0.6) is 0 Å². The van der Waals surface area contributed by atoms with Crippen molar-refractivity contribution in [1.82, 2.24) is 0 Å². The molecule has 0 aromatic heterocycles. The molecule has 1 nitrogen and oxygen atoms in total. The lowest BCUT2D eigenvalue weighted by Gasteiger charge is -2.02. The molecule has 12 heavy (non-hydrogen) atoms. The molecule has 0 radical (unpaired) electrons. The largest absolute Gasteiger partial charge is 0.380 e. The van der Waals surface area contributed by atoms with Gasteiger partial charge in [0, 0.05) is 24.8 Å². The third kappa shape index (κ3) is 1.76. The fourth-order valence-corrected chi connectivity index (χ4v) is 0.854. The Morgan fingerprint density at radius 1 is 1.17 bits per heavy atom. The summed E-state index contributed by atoms with van der Waals surface area (Å²) in [5.41, 5.74) is -0.251. The zero-order valence-corrected chi connectivity index (χ0v) is 6.40. The van der Waals surface area contributed by atoms with E-state index >= 15 is 0 Å². The summed E-state index contributed by atoms with van der Waals surface area (Å²) in [6.07, 6.45) is 0. The fourth-order valence-electron chi connectivity index (χ4n) is 0.854. The number of hydrogen-bond donors (Lipinski definition) is 0. The summed E-state index contributed by atoms with van der Waals surface area (Å²) in [6, 6.07) is 1.24. The van der Waals surface area contributed by atoms with Gasteiger partial charge in [-0.25, -0.2) is 13.2 Å². The number of halogens is 3. The Morgan fingerprint density at radius 3 is 2.08 bits per heavy atom. The molecule has 4 heteroatoms. The van der Waals surface area contributed by atoms with Crippen LogP contribution in [0.2, 0.25) is 0 Å². The van der Waals surface area contributed by atoms with Crippen molar-refractivity contribution in [1.29, 1.82) is 0 Å². The number of rotatable bonds is 2. The van der Waals surface area contributed by atoms with Crippen molar-refractivity contribution in [2.45, 2.75) is 6.61 Å². The Hall–Kier alpha value is -1.03. The minimum absolute atomic E-state index is 0.196. The van der Waals surface area contributed by atoms with Crippen molar-refractivity contribution in [3.05, 3.63) is 35.1 Å². The second-order valence-electron chi connectivity index (χ2n) is 2.28. The number of hydrogen-bond acceptors (Lipinski definition) is 1. The van der Waals surface area contributed by atoms with Crippen molar-refractivity contribution >= 4 is 0 Å². The average molecular weight is 176 g/mol. The van der Waals surface area contributed by atoms with Gasteiger partial charge in [-0.05, 0) is 0 Å². The van der Waals surface area contributed by atoms with Crippen molar-refractivity contribution < 1.29 is 17.9 Å². The minimum Gasteiger partial charge on any atom is -0.380 e. The molecule has 0 aliphatic heterocycles. The van der Waals surface area contributed by atoms with Crippen LogP contribution >= 0.6 is 0 Å². The smallest absolute Gasteiger partial charge is 0.134 e. The highest BCUT2D eigenvalue weighted by Crippen LogP contribution is 2.14. The molecule has 0 spiro atoms. The van der Waals surface area contributed by atoms with Gasteiger partial charge in [-0.15, -0.1) is 0 Å². The molecule has 0 saturated heterocycles. The molecule has 66 valence electrons. The third-order valence-electron chi connectivity index (χ3n) is 1.39. The molecular formula is C8H7F3O. The minimum atomic E-state index is -0.926. The lowest BCUT2D eigenvalue weighted by atomic mass is 10.2. The van der Waals surface area contributed by atoms with E-state index in [-0.39, 0.29) is 12.2 Å². The topological polar surface area (TPSA) is 9.23 Å². The summed E-state index contributed by atoms with van der Waals surface area (Å²) in [4.78, 5) is 0. The second-order valence-corrected chi connectivity index (χ2v) is 2.28. The van der Waals surface area contributed by atoms with Crippen molar-refractivity contribution in [2.75, 3.05) is 7.11 Å². The van der Waals surface area contributed by atoms with Gasteiger partial charge in [-0.1, -0.05) is 0 Å². The Balaban J connectivity index is 3.10. The molecule has 0 aliphatic rings. The number of ether oxygens (including phenoxy) is 1. The molecule has 1 aromatic rings. The van der Waals surface area contributed by atoms with Crippen LogP contribution in [-0.2, 0) is 11.3 Å². The summed E-state index contributed by atoms with van der Waals surface area (Å²) in [6.45, 7) is -0.196. The summed E-state index contributed by atoms with van der Waals surface area (Å²) < 4.78 is 42.3. The SMILES string of the molecule is COCc1c(F)cc(F)cc1F. The standard InChI is InChI=1S/C8H7F3O/c1-12-4-6-7(10)2-5(9)3-8(6)11/h2-3H,4H2,1H3. The Kier molecular flexibility index (Phi) is 2.70. The summed E-state index contributed by atoms with van der Waals surface area (Å²) in [5.74, 6) is -2.77. The van der Waals surface area contributed by atoms with Gasteiger partial charge in [0.25, 0.3) is 0 Å². The average Bonchev–Trinajstić information content (AvgIpc) is 1.96. The van der Waals surface area contributed by atoms with E-state index < -0.39 is 17.5 Å². The normalized spacial score (nSPS) is 10.3. The molecule has 0 fully saturated rings. The van der Waals surface area contributed by atoms with Crippen LogP contribution in [0.1, 0.15) is 5.56 Å². The van der Waals surface area contributed by atoms with Crippen LogP contribution in [0.25, 0.3) is 0 Å². The van der Waals surface area contributed by atoms with Crippen LogP contribution in [0.3, 0.4) is 0 Å². The van der Waals surface area contributed by atoms with Gasteiger partial charge in [-0.2, -0.15) is 0 Å². The van der Waals surface area contributed by atoms with E-state index in [2.05, 4.69) is 4.74 Å². The van der Waals surface area contributed by atoms with Gasteiger partial charge in [0.05, 0.1) is 6.61 Å². The molecule has 0 heterocycles. The zero-order chi connectivity index (χ0) is 9.14. The molecule has 0 amide bonds. The first-order chi connectivity index (χ1) is 5.65. The summed E-state index contributed by atoms with van der Waals surface area (Å²) >= 11 is 0. The molecule has 0 N–H and O–H groups in total. The van der Waals surface area contributed by atoms with E-state index in [0.29, 0.717) is 12.1 Å². The maximum atomic E-state index is 12.7. The highest BCUT2D eigenvalue weighted by molar-refractivity contribution is 5.19. The molecule has 1 rings (SSSR count). The molecule has 0 bridgehead atoms. The molecule has 0 unspecified atom stereocenters. The van der Waals surface area contributed by atoms with E-state index in [0.717, 1.165) is 0 Å². The van der Waals surface area contributed by atoms with E-state index in [1.807, 2.05) is 0 Å². The fraction of sp³-hybridized carbons (Fsp3) is 0.250. The summed E-state index contributed by atoms with van der Waals surface area (Å²) in [7, 11) is 1.31. The lowest BCUT2D eigenvalue weighted by Crippen LogP contribution is -1.98. The number of methoxy groups -OCH3 is 1. The first-order valence-corrected chi connectivity index (χ1v) is 3.27. The highest BCUT2D eigenvalue weighted by atomic mass is 19.1. The third-order valence-corrected chi connectivity index (χ3v) is 1.39. The van der Waals surface area contributed by atoms with Gasteiger partial charge in [0.1, 0.15) is 17.5 Å². The Bertz CT molecular complexity index is 263. The van der Waals surface area contributed by atoms with Crippen LogP contribution in [-0.4, -0.2) is 7.11 Å². The van der Waals surface area contributed by atoms with E-state index in [1.165, 1.54) is 7.11 Å².